The maximum absolute atomic E-state index is 13.2. The summed E-state index contributed by atoms with van der Waals surface area (Å²) in [6, 6.07) is 11.2. The molecule has 27 heavy (non-hydrogen) atoms. The van der Waals surface area contributed by atoms with Gasteiger partial charge < -0.3 is 11.5 Å². The van der Waals surface area contributed by atoms with E-state index in [9.17, 15) is 18.0 Å². The summed E-state index contributed by atoms with van der Waals surface area (Å²) in [5.41, 5.74) is 10.9. The molecule has 2 aromatic carbocycles. The monoisotopic (exact) mass is 371 g/mol. The van der Waals surface area contributed by atoms with Crippen molar-refractivity contribution >= 4 is 33.7 Å². The highest BCUT2D eigenvalue weighted by atomic mass is 19.4. The number of rotatable bonds is 1. The summed E-state index contributed by atoms with van der Waals surface area (Å²) in [6.07, 6.45) is -4.52. The lowest BCUT2D eigenvalue weighted by Gasteiger charge is -2.16. The number of aromatic nitrogens is 3. The van der Waals surface area contributed by atoms with Gasteiger partial charge in [-0.2, -0.15) is 23.1 Å². The zero-order valence-corrected chi connectivity index (χ0v) is 13.7. The van der Waals surface area contributed by atoms with Crippen LogP contribution in [0.15, 0.2) is 53.3 Å². The molecule has 0 fully saturated rings. The van der Waals surface area contributed by atoms with E-state index >= 15 is 0 Å². The number of hydrogen-bond acceptors (Lipinski definition) is 5. The molecule has 0 aliphatic rings. The third kappa shape index (κ3) is 2.64. The third-order valence-electron chi connectivity index (χ3n) is 4.20. The molecule has 0 saturated carbocycles. The van der Waals surface area contributed by atoms with Crippen molar-refractivity contribution in [2.45, 2.75) is 6.18 Å². The minimum Gasteiger partial charge on any atom is -0.383 e. The van der Waals surface area contributed by atoms with E-state index in [-0.39, 0.29) is 33.9 Å². The standard InChI is InChI=1S/C18H12F3N5O/c19-18(20,21)9-4-3-5-10(8-9)26-12-7-2-1-6-11(12)14(27)13-15(22)24-17(23)25-16(13)26/h1-8H,(H4,22,23,24,25). The molecule has 0 saturated heterocycles. The Morgan fingerprint density at radius 1 is 0.963 bits per heavy atom. The van der Waals surface area contributed by atoms with E-state index in [0.717, 1.165) is 12.1 Å². The van der Waals surface area contributed by atoms with Gasteiger partial charge in [-0.15, -0.1) is 0 Å². The van der Waals surface area contributed by atoms with Crippen LogP contribution in [-0.2, 0) is 6.18 Å². The fourth-order valence-electron chi connectivity index (χ4n) is 3.06. The first-order valence-corrected chi connectivity index (χ1v) is 7.81. The van der Waals surface area contributed by atoms with Crippen molar-refractivity contribution in [2.75, 3.05) is 11.5 Å². The predicted octanol–water partition coefficient (Wildman–Crippen LogP) is 3.12. The molecule has 4 rings (SSSR count). The van der Waals surface area contributed by atoms with Crippen LogP contribution < -0.4 is 16.9 Å². The van der Waals surface area contributed by atoms with Crippen LogP contribution in [0.1, 0.15) is 5.56 Å². The van der Waals surface area contributed by atoms with Crippen LogP contribution in [0.3, 0.4) is 0 Å². The maximum atomic E-state index is 13.2. The van der Waals surface area contributed by atoms with Gasteiger partial charge in [0.2, 0.25) is 11.4 Å². The maximum Gasteiger partial charge on any atom is 0.416 e. The van der Waals surface area contributed by atoms with E-state index < -0.39 is 17.2 Å². The lowest BCUT2D eigenvalue weighted by Crippen LogP contribution is -2.16. The number of fused-ring (bicyclic) bond motifs is 2. The molecular formula is C18H12F3N5O. The van der Waals surface area contributed by atoms with Crippen molar-refractivity contribution in [3.63, 3.8) is 0 Å². The van der Waals surface area contributed by atoms with Crippen molar-refractivity contribution in [1.29, 1.82) is 0 Å². The van der Waals surface area contributed by atoms with Gasteiger partial charge in [0, 0.05) is 11.1 Å². The van der Waals surface area contributed by atoms with Crippen molar-refractivity contribution in [3.8, 4) is 5.69 Å². The second-order valence-electron chi connectivity index (χ2n) is 5.90. The number of pyridine rings is 1. The highest BCUT2D eigenvalue weighted by Gasteiger charge is 2.31. The molecule has 0 aliphatic carbocycles. The Bertz CT molecular complexity index is 1260. The number of halogens is 3. The summed E-state index contributed by atoms with van der Waals surface area (Å²) < 4.78 is 41.0. The molecule has 2 aromatic heterocycles. The van der Waals surface area contributed by atoms with Crippen LogP contribution in [0.2, 0.25) is 0 Å². The highest BCUT2D eigenvalue weighted by molar-refractivity contribution is 5.98. The summed E-state index contributed by atoms with van der Waals surface area (Å²) in [6.45, 7) is 0. The largest absolute Gasteiger partial charge is 0.416 e. The zero-order valence-electron chi connectivity index (χ0n) is 13.7. The Kier molecular flexibility index (Phi) is 3.55. The molecular weight excluding hydrogens is 359 g/mol. The topological polar surface area (TPSA) is 99.8 Å². The first-order chi connectivity index (χ1) is 12.8. The van der Waals surface area contributed by atoms with Crippen molar-refractivity contribution in [1.82, 2.24) is 14.5 Å². The van der Waals surface area contributed by atoms with Crippen LogP contribution in [-0.4, -0.2) is 14.5 Å². The van der Waals surface area contributed by atoms with Gasteiger partial charge in [-0.05, 0) is 30.3 Å². The predicted molar refractivity (Wildman–Crippen MR) is 96.5 cm³/mol. The number of hydrogen-bond donors (Lipinski definition) is 2. The van der Waals surface area contributed by atoms with E-state index in [1.165, 1.54) is 16.7 Å². The fraction of sp³-hybridized carbons (Fsp3) is 0.0556. The van der Waals surface area contributed by atoms with E-state index in [1.54, 1.807) is 24.3 Å². The first-order valence-electron chi connectivity index (χ1n) is 7.81. The Morgan fingerprint density at radius 2 is 1.70 bits per heavy atom. The molecule has 0 bridgehead atoms. The summed E-state index contributed by atoms with van der Waals surface area (Å²) in [7, 11) is 0. The molecule has 4 N–H and O–H groups in total. The molecule has 4 aromatic rings. The molecule has 136 valence electrons. The number of nitrogens with zero attached hydrogens (tertiary/aromatic N) is 3. The smallest absolute Gasteiger partial charge is 0.383 e. The number of nitrogens with two attached hydrogens (primary N) is 2. The fourth-order valence-corrected chi connectivity index (χ4v) is 3.06. The third-order valence-corrected chi connectivity index (χ3v) is 4.20. The lowest BCUT2D eigenvalue weighted by atomic mass is 10.1. The van der Waals surface area contributed by atoms with Crippen molar-refractivity contribution in [3.05, 3.63) is 64.3 Å². The van der Waals surface area contributed by atoms with E-state index in [0.29, 0.717) is 5.52 Å². The van der Waals surface area contributed by atoms with Gasteiger partial charge in [0.25, 0.3) is 0 Å². The van der Waals surface area contributed by atoms with Gasteiger partial charge in [-0.1, -0.05) is 18.2 Å². The summed E-state index contributed by atoms with van der Waals surface area (Å²) in [4.78, 5) is 20.7. The van der Waals surface area contributed by atoms with Gasteiger partial charge in [-0.3, -0.25) is 9.36 Å². The molecule has 0 spiro atoms. The number of para-hydroxylation sites is 1. The Labute approximate surface area is 149 Å². The molecule has 0 unspecified atom stereocenters. The Morgan fingerprint density at radius 3 is 2.44 bits per heavy atom. The molecule has 9 heteroatoms. The SMILES string of the molecule is Nc1nc(N)c2c(=O)c3ccccc3n(-c3cccc(C(F)(F)F)c3)c2n1. The Hall–Kier alpha value is -3.62. The highest BCUT2D eigenvalue weighted by Crippen LogP contribution is 2.32. The number of benzene rings is 2. The van der Waals surface area contributed by atoms with Crippen LogP contribution in [0.5, 0.6) is 0 Å². The molecule has 2 heterocycles. The number of anilines is 2. The minimum absolute atomic E-state index is 0.000289. The van der Waals surface area contributed by atoms with Gasteiger partial charge in [0.05, 0.1) is 11.1 Å². The summed E-state index contributed by atoms with van der Waals surface area (Å²) in [5, 5.41) is 0.280. The normalized spacial score (nSPS) is 12.0. The average Bonchev–Trinajstić information content (AvgIpc) is 2.61. The summed E-state index contributed by atoms with van der Waals surface area (Å²) in [5.74, 6) is -0.315. The van der Waals surface area contributed by atoms with Crippen LogP contribution >= 0.6 is 0 Å². The van der Waals surface area contributed by atoms with E-state index in [1.807, 2.05) is 0 Å². The number of nitrogen functional groups attached to an aromatic ring is 2. The van der Waals surface area contributed by atoms with E-state index in [2.05, 4.69) is 9.97 Å². The van der Waals surface area contributed by atoms with Crippen LogP contribution in [0.4, 0.5) is 24.9 Å². The van der Waals surface area contributed by atoms with Gasteiger partial charge >= 0.3 is 6.18 Å². The van der Waals surface area contributed by atoms with Crippen LogP contribution in [0.25, 0.3) is 27.6 Å². The van der Waals surface area contributed by atoms with Gasteiger partial charge in [-0.25, -0.2) is 0 Å². The van der Waals surface area contributed by atoms with Crippen molar-refractivity contribution < 1.29 is 13.2 Å². The zero-order chi connectivity index (χ0) is 19.3. The minimum atomic E-state index is -4.52. The average molecular weight is 371 g/mol. The molecule has 0 aliphatic heterocycles. The Balaban J connectivity index is 2.23. The van der Waals surface area contributed by atoms with Crippen molar-refractivity contribution in [2.24, 2.45) is 0 Å². The van der Waals surface area contributed by atoms with Gasteiger partial charge in [0.1, 0.15) is 11.2 Å². The lowest BCUT2D eigenvalue weighted by molar-refractivity contribution is -0.137. The second kappa shape index (κ2) is 5.70. The second-order valence-corrected chi connectivity index (χ2v) is 5.90. The molecule has 6 nitrogen and oxygen atoms in total. The van der Waals surface area contributed by atoms with E-state index in [4.69, 9.17) is 11.5 Å². The van der Waals surface area contributed by atoms with Gasteiger partial charge in [0.15, 0.2) is 5.65 Å². The number of alkyl halides is 3. The first kappa shape index (κ1) is 16.8. The quantitative estimate of drug-likeness (QED) is 0.501. The molecule has 0 amide bonds. The summed E-state index contributed by atoms with van der Waals surface area (Å²) >= 11 is 0. The molecule has 0 atom stereocenters. The molecule has 0 radical (unpaired) electrons. The van der Waals surface area contributed by atoms with Crippen LogP contribution in [0, 0.1) is 0 Å².